The van der Waals surface area contributed by atoms with Gasteiger partial charge in [0.25, 0.3) is 0 Å². The van der Waals surface area contributed by atoms with Gasteiger partial charge in [-0.25, -0.2) is 4.39 Å². The van der Waals surface area contributed by atoms with Crippen LogP contribution >= 0.6 is 0 Å². The lowest BCUT2D eigenvalue weighted by Crippen LogP contribution is -2.10. The van der Waals surface area contributed by atoms with E-state index in [1.54, 1.807) is 12.1 Å². The second-order valence-corrected chi connectivity index (χ2v) is 5.75. The Morgan fingerprint density at radius 3 is 2.25 bits per heavy atom. The summed E-state index contributed by atoms with van der Waals surface area (Å²) in [6, 6.07) is 12.2. The third-order valence-corrected chi connectivity index (χ3v) is 3.18. The van der Waals surface area contributed by atoms with Gasteiger partial charge in [-0.1, -0.05) is 39.0 Å². The monoisotopic (exact) mass is 274 g/mol. The maximum Gasteiger partial charge on any atom is 0.135 e. The molecule has 0 aliphatic carbocycles. The largest absolute Gasteiger partial charge is 0.457 e. The van der Waals surface area contributed by atoms with Gasteiger partial charge in [0.05, 0.1) is 12.2 Å². The minimum atomic E-state index is -0.462. The molecular weight excluding hydrogens is 255 g/mol. The number of hydrogen-bond donors (Lipinski definition) is 1. The molecule has 0 saturated carbocycles. The Morgan fingerprint density at radius 1 is 1.05 bits per heavy atom. The van der Waals surface area contributed by atoms with Crippen LogP contribution in [0.5, 0.6) is 11.5 Å². The van der Waals surface area contributed by atoms with Gasteiger partial charge in [0.2, 0.25) is 0 Å². The summed E-state index contributed by atoms with van der Waals surface area (Å²) < 4.78 is 19.2. The number of aliphatic hydroxyl groups excluding tert-OH is 1. The molecule has 0 amide bonds. The standard InChI is InChI=1S/C17H19FO2/c1-17(2,3)12-7-9-13(10-8-12)20-16-6-4-5-15(18)14(16)11-19/h4-10,19H,11H2,1-3H3. The Morgan fingerprint density at radius 2 is 1.70 bits per heavy atom. The molecule has 3 heteroatoms. The first-order valence-electron chi connectivity index (χ1n) is 6.58. The second-order valence-electron chi connectivity index (χ2n) is 5.75. The molecule has 0 aliphatic heterocycles. The number of ether oxygens (including phenoxy) is 1. The molecule has 2 aromatic rings. The summed E-state index contributed by atoms with van der Waals surface area (Å²) in [6.45, 7) is 6.03. The van der Waals surface area contributed by atoms with Crippen LogP contribution in [0.4, 0.5) is 4.39 Å². The average molecular weight is 274 g/mol. The minimum absolute atomic E-state index is 0.0770. The number of benzene rings is 2. The third-order valence-electron chi connectivity index (χ3n) is 3.18. The Bertz CT molecular complexity index is 583. The summed E-state index contributed by atoms with van der Waals surface area (Å²) in [5.74, 6) is 0.505. The van der Waals surface area contributed by atoms with E-state index in [2.05, 4.69) is 20.8 Å². The maximum absolute atomic E-state index is 13.5. The van der Waals surface area contributed by atoms with Crippen molar-refractivity contribution in [3.63, 3.8) is 0 Å². The van der Waals surface area contributed by atoms with Crippen LogP contribution in [0.15, 0.2) is 42.5 Å². The maximum atomic E-state index is 13.5. The molecule has 106 valence electrons. The highest BCUT2D eigenvalue weighted by Crippen LogP contribution is 2.29. The fourth-order valence-electron chi connectivity index (χ4n) is 1.94. The number of halogens is 1. The van der Waals surface area contributed by atoms with Crippen LogP contribution < -0.4 is 4.74 Å². The van der Waals surface area contributed by atoms with Crippen LogP contribution in [0.3, 0.4) is 0 Å². The van der Waals surface area contributed by atoms with Gasteiger partial charge >= 0.3 is 0 Å². The van der Waals surface area contributed by atoms with Crippen molar-refractivity contribution in [2.24, 2.45) is 0 Å². The first-order valence-corrected chi connectivity index (χ1v) is 6.58. The van der Waals surface area contributed by atoms with Crippen molar-refractivity contribution >= 4 is 0 Å². The molecule has 0 aromatic heterocycles. The third kappa shape index (κ3) is 3.17. The normalized spacial score (nSPS) is 11.4. The van der Waals surface area contributed by atoms with E-state index in [4.69, 9.17) is 4.74 Å². The van der Waals surface area contributed by atoms with E-state index < -0.39 is 5.82 Å². The Balaban J connectivity index is 2.25. The summed E-state index contributed by atoms with van der Waals surface area (Å²) in [4.78, 5) is 0. The molecule has 0 radical (unpaired) electrons. The van der Waals surface area contributed by atoms with Gasteiger partial charge in [-0.3, -0.25) is 0 Å². The van der Waals surface area contributed by atoms with Gasteiger partial charge in [0, 0.05) is 0 Å². The van der Waals surface area contributed by atoms with Crippen LogP contribution in [0, 0.1) is 5.82 Å². The SMILES string of the molecule is CC(C)(C)c1ccc(Oc2cccc(F)c2CO)cc1. The van der Waals surface area contributed by atoms with Gasteiger partial charge in [-0.2, -0.15) is 0 Å². The quantitative estimate of drug-likeness (QED) is 0.898. The van der Waals surface area contributed by atoms with Gasteiger partial charge in [0.15, 0.2) is 0 Å². The van der Waals surface area contributed by atoms with Crippen molar-refractivity contribution in [1.29, 1.82) is 0 Å². The molecule has 2 aromatic carbocycles. The molecule has 0 unspecified atom stereocenters. The second kappa shape index (κ2) is 5.63. The van der Waals surface area contributed by atoms with Crippen LogP contribution in [0.2, 0.25) is 0 Å². The lowest BCUT2D eigenvalue weighted by Gasteiger charge is -2.19. The fourth-order valence-corrected chi connectivity index (χ4v) is 1.94. The summed E-state index contributed by atoms with van der Waals surface area (Å²) in [5.41, 5.74) is 1.45. The zero-order chi connectivity index (χ0) is 14.8. The van der Waals surface area contributed by atoms with E-state index in [9.17, 15) is 9.50 Å². The molecule has 0 fully saturated rings. The highest BCUT2D eigenvalue weighted by Gasteiger charge is 2.14. The van der Waals surface area contributed by atoms with E-state index in [1.165, 1.54) is 11.6 Å². The van der Waals surface area contributed by atoms with E-state index in [-0.39, 0.29) is 17.6 Å². The zero-order valence-electron chi connectivity index (χ0n) is 12.0. The Kier molecular flexibility index (Phi) is 4.09. The van der Waals surface area contributed by atoms with Crippen LogP contribution in [0.1, 0.15) is 31.9 Å². The van der Waals surface area contributed by atoms with E-state index in [0.29, 0.717) is 11.5 Å². The summed E-state index contributed by atoms with van der Waals surface area (Å²) >= 11 is 0. The number of rotatable bonds is 3. The van der Waals surface area contributed by atoms with Gasteiger partial charge in [0.1, 0.15) is 17.3 Å². The summed E-state index contributed by atoms with van der Waals surface area (Å²) in [6.07, 6.45) is 0. The molecule has 0 bridgehead atoms. The van der Waals surface area contributed by atoms with E-state index >= 15 is 0 Å². The highest BCUT2D eigenvalue weighted by molar-refractivity contribution is 5.39. The average Bonchev–Trinajstić information content (AvgIpc) is 2.38. The Labute approximate surface area is 118 Å². The lowest BCUT2D eigenvalue weighted by atomic mass is 9.87. The fraction of sp³-hybridized carbons (Fsp3) is 0.294. The zero-order valence-corrected chi connectivity index (χ0v) is 12.0. The van der Waals surface area contributed by atoms with Crippen LogP contribution in [-0.4, -0.2) is 5.11 Å². The molecule has 0 atom stereocenters. The first-order chi connectivity index (χ1) is 9.41. The van der Waals surface area contributed by atoms with E-state index in [1.807, 2.05) is 24.3 Å². The van der Waals surface area contributed by atoms with Crippen LogP contribution in [0.25, 0.3) is 0 Å². The summed E-state index contributed by atoms with van der Waals surface area (Å²) in [5, 5.41) is 9.21. The molecule has 0 saturated heterocycles. The predicted octanol–water partition coefficient (Wildman–Crippen LogP) is 4.41. The molecule has 2 rings (SSSR count). The van der Waals surface area contributed by atoms with Crippen molar-refractivity contribution in [2.75, 3.05) is 0 Å². The topological polar surface area (TPSA) is 29.5 Å². The van der Waals surface area contributed by atoms with Gasteiger partial charge in [-0.05, 0) is 35.2 Å². The Hall–Kier alpha value is -1.87. The molecule has 0 spiro atoms. The van der Waals surface area contributed by atoms with Crippen molar-refractivity contribution in [1.82, 2.24) is 0 Å². The first kappa shape index (κ1) is 14.5. The molecule has 20 heavy (non-hydrogen) atoms. The van der Waals surface area contributed by atoms with Crippen molar-refractivity contribution in [2.45, 2.75) is 32.8 Å². The number of hydrogen-bond acceptors (Lipinski definition) is 2. The van der Waals surface area contributed by atoms with Crippen molar-refractivity contribution < 1.29 is 14.2 Å². The van der Waals surface area contributed by atoms with Gasteiger partial charge < -0.3 is 9.84 Å². The minimum Gasteiger partial charge on any atom is -0.457 e. The number of aliphatic hydroxyl groups is 1. The van der Waals surface area contributed by atoms with Crippen molar-refractivity contribution in [3.05, 3.63) is 59.4 Å². The lowest BCUT2D eigenvalue weighted by molar-refractivity contribution is 0.270. The summed E-state index contributed by atoms with van der Waals surface area (Å²) in [7, 11) is 0. The van der Waals surface area contributed by atoms with Crippen molar-refractivity contribution in [3.8, 4) is 11.5 Å². The molecule has 0 heterocycles. The molecular formula is C17H19FO2. The molecule has 0 aliphatic rings. The smallest absolute Gasteiger partial charge is 0.135 e. The molecule has 2 nitrogen and oxygen atoms in total. The predicted molar refractivity (Wildman–Crippen MR) is 77.5 cm³/mol. The van der Waals surface area contributed by atoms with Gasteiger partial charge in [-0.15, -0.1) is 0 Å². The van der Waals surface area contributed by atoms with E-state index in [0.717, 1.165) is 0 Å². The van der Waals surface area contributed by atoms with Crippen LogP contribution in [-0.2, 0) is 12.0 Å². The molecule has 1 N–H and O–H groups in total. The highest BCUT2D eigenvalue weighted by atomic mass is 19.1.